The minimum atomic E-state index is -0.750. The Bertz CT molecular complexity index is 845. The highest BCUT2D eigenvalue weighted by atomic mass is 16.4. The van der Waals surface area contributed by atoms with E-state index >= 15 is 0 Å². The predicted octanol–water partition coefficient (Wildman–Crippen LogP) is 4.13. The molecule has 0 aliphatic heterocycles. The quantitative estimate of drug-likeness (QED) is 0.545. The lowest BCUT2D eigenvalue weighted by atomic mass is 9.52. The molecule has 5 nitrogen and oxygen atoms in total. The molecule has 4 aliphatic carbocycles. The van der Waals surface area contributed by atoms with E-state index in [0.717, 1.165) is 61.6 Å². The number of carboxylic acid groups (broad SMARTS) is 1. The van der Waals surface area contributed by atoms with Crippen molar-refractivity contribution in [1.29, 1.82) is 0 Å². The molecule has 4 saturated carbocycles. The van der Waals surface area contributed by atoms with Gasteiger partial charge in [0.2, 0.25) is 5.91 Å². The molecule has 1 aromatic carbocycles. The summed E-state index contributed by atoms with van der Waals surface area (Å²) in [5.74, 6) is 0.750. The third-order valence-electron chi connectivity index (χ3n) is 8.07. The molecule has 5 heteroatoms. The molecule has 0 spiro atoms. The van der Waals surface area contributed by atoms with Gasteiger partial charge in [-0.1, -0.05) is 23.8 Å². The highest BCUT2D eigenvalue weighted by molar-refractivity contribution is 5.87. The molecule has 4 aliphatic rings. The molecule has 5 rings (SSSR count). The first-order valence-corrected chi connectivity index (χ1v) is 11.9. The fraction of sp³-hybridized carbons (Fsp3) is 0.692. The Hall–Kier alpha value is -1.88. The van der Waals surface area contributed by atoms with E-state index in [-0.39, 0.29) is 18.4 Å². The highest BCUT2D eigenvalue weighted by Gasteiger charge is 2.55. The van der Waals surface area contributed by atoms with Gasteiger partial charge in [0, 0.05) is 12.5 Å². The number of aliphatic carboxylic acids is 1. The molecule has 4 bridgehead atoms. The number of carbonyl (C=O) groups is 2. The van der Waals surface area contributed by atoms with Crippen LogP contribution in [0.2, 0.25) is 0 Å². The van der Waals surface area contributed by atoms with Gasteiger partial charge < -0.3 is 15.5 Å². The fourth-order valence-corrected chi connectivity index (χ4v) is 6.65. The van der Waals surface area contributed by atoms with E-state index in [2.05, 4.69) is 30.4 Å². The second-order valence-corrected chi connectivity index (χ2v) is 11.1. The van der Waals surface area contributed by atoms with Gasteiger partial charge in [0.1, 0.15) is 0 Å². The van der Waals surface area contributed by atoms with E-state index in [1.165, 1.54) is 0 Å². The number of aliphatic hydroxyl groups is 1. The van der Waals surface area contributed by atoms with Crippen molar-refractivity contribution < 1.29 is 19.8 Å². The maximum atomic E-state index is 13.5. The zero-order chi connectivity index (χ0) is 22.4. The standard InChI is InChI=1S/C26H37NO4/c1-16-8-17(6-4-5-7-22(28)29)12-21(9-16)25(2,3)24(30)27-23-19-10-18-11-20(23)15-26(31,13-18)14-19/h8-9,12,18-20,23,31H,4-7,10-11,13-15H2,1-3H3,(H,27,30)(H,28,29)/t18?,19-,20+,23?,26?. The number of carbonyl (C=O) groups excluding carboxylic acids is 1. The van der Waals surface area contributed by atoms with E-state index in [4.69, 9.17) is 5.11 Å². The lowest BCUT2D eigenvalue weighted by Gasteiger charge is -2.58. The van der Waals surface area contributed by atoms with E-state index in [1.807, 2.05) is 13.8 Å². The van der Waals surface area contributed by atoms with Crippen molar-refractivity contribution >= 4 is 11.9 Å². The zero-order valence-corrected chi connectivity index (χ0v) is 19.1. The van der Waals surface area contributed by atoms with Crippen LogP contribution in [-0.2, 0) is 21.4 Å². The molecular formula is C26H37NO4. The first-order chi connectivity index (χ1) is 14.6. The average molecular weight is 428 g/mol. The fourth-order valence-electron chi connectivity index (χ4n) is 6.65. The summed E-state index contributed by atoms with van der Waals surface area (Å²) >= 11 is 0. The lowest BCUT2D eigenvalue weighted by molar-refractivity contribution is -0.148. The van der Waals surface area contributed by atoms with Crippen LogP contribution in [-0.4, -0.2) is 33.7 Å². The van der Waals surface area contributed by atoms with E-state index < -0.39 is 17.0 Å². The van der Waals surface area contributed by atoms with Crippen LogP contribution in [0.4, 0.5) is 0 Å². The summed E-state index contributed by atoms with van der Waals surface area (Å²) in [5.41, 5.74) is 2.18. The number of amides is 1. The van der Waals surface area contributed by atoms with E-state index in [9.17, 15) is 14.7 Å². The number of carboxylic acids is 1. The van der Waals surface area contributed by atoms with Crippen molar-refractivity contribution in [3.8, 4) is 0 Å². The number of benzene rings is 1. The smallest absolute Gasteiger partial charge is 0.303 e. The van der Waals surface area contributed by atoms with Crippen molar-refractivity contribution in [2.45, 2.75) is 95.6 Å². The van der Waals surface area contributed by atoms with Crippen molar-refractivity contribution in [3.05, 3.63) is 34.9 Å². The molecule has 31 heavy (non-hydrogen) atoms. The van der Waals surface area contributed by atoms with Gasteiger partial charge in [-0.25, -0.2) is 0 Å². The first-order valence-electron chi connectivity index (χ1n) is 11.9. The second kappa shape index (κ2) is 8.23. The molecule has 0 saturated heterocycles. The number of nitrogens with one attached hydrogen (secondary N) is 1. The van der Waals surface area contributed by atoms with Crippen LogP contribution in [0, 0.1) is 24.7 Å². The third kappa shape index (κ3) is 4.67. The minimum absolute atomic E-state index is 0.0689. The molecule has 1 amide bonds. The van der Waals surface area contributed by atoms with Crippen LogP contribution >= 0.6 is 0 Å². The Labute approximate surface area is 185 Å². The maximum Gasteiger partial charge on any atom is 0.303 e. The summed E-state index contributed by atoms with van der Waals surface area (Å²) < 4.78 is 0. The third-order valence-corrected chi connectivity index (χ3v) is 8.07. The van der Waals surface area contributed by atoms with Gasteiger partial charge in [0.05, 0.1) is 11.0 Å². The largest absolute Gasteiger partial charge is 0.481 e. The summed E-state index contributed by atoms with van der Waals surface area (Å²) in [6.07, 6.45) is 7.40. The SMILES string of the molecule is Cc1cc(CCCCC(=O)O)cc(C(C)(C)C(=O)NC2[C@@H]3CC4C[C@H]2CC(O)(C4)C3)c1. The van der Waals surface area contributed by atoms with E-state index in [0.29, 0.717) is 24.2 Å². The number of unbranched alkanes of at least 4 members (excludes halogenated alkanes) is 1. The van der Waals surface area contributed by atoms with Gasteiger partial charge in [0.25, 0.3) is 0 Å². The summed E-state index contributed by atoms with van der Waals surface area (Å²) in [7, 11) is 0. The van der Waals surface area contributed by atoms with Gasteiger partial charge in [-0.2, -0.15) is 0 Å². The van der Waals surface area contributed by atoms with Crippen molar-refractivity contribution in [2.24, 2.45) is 17.8 Å². The monoisotopic (exact) mass is 427 g/mol. The number of aryl methyl sites for hydroxylation is 2. The molecular weight excluding hydrogens is 390 g/mol. The van der Waals surface area contributed by atoms with Crippen LogP contribution < -0.4 is 5.32 Å². The number of rotatable bonds is 8. The lowest BCUT2D eigenvalue weighted by Crippen LogP contribution is -2.62. The molecule has 3 unspecified atom stereocenters. The van der Waals surface area contributed by atoms with Crippen molar-refractivity contribution in [3.63, 3.8) is 0 Å². The van der Waals surface area contributed by atoms with Crippen LogP contribution in [0.1, 0.15) is 81.9 Å². The molecule has 1 aromatic rings. The molecule has 0 heterocycles. The van der Waals surface area contributed by atoms with Gasteiger partial charge in [-0.15, -0.1) is 0 Å². The molecule has 0 aromatic heterocycles. The second-order valence-electron chi connectivity index (χ2n) is 11.1. The summed E-state index contributed by atoms with van der Waals surface area (Å²) in [4.78, 5) is 24.2. The van der Waals surface area contributed by atoms with Crippen LogP contribution in [0.25, 0.3) is 0 Å². The maximum absolute atomic E-state index is 13.5. The van der Waals surface area contributed by atoms with Crippen LogP contribution in [0.3, 0.4) is 0 Å². The molecule has 5 atom stereocenters. The number of hydrogen-bond donors (Lipinski definition) is 3. The molecule has 0 radical (unpaired) electrons. The Morgan fingerprint density at radius 1 is 1.10 bits per heavy atom. The summed E-state index contributed by atoms with van der Waals surface area (Å²) in [5, 5.41) is 23.1. The minimum Gasteiger partial charge on any atom is -0.481 e. The molecule has 3 N–H and O–H groups in total. The van der Waals surface area contributed by atoms with Gasteiger partial charge >= 0.3 is 5.97 Å². The Balaban J connectivity index is 1.44. The number of hydrogen-bond acceptors (Lipinski definition) is 3. The average Bonchev–Trinajstić information content (AvgIpc) is 2.66. The van der Waals surface area contributed by atoms with Crippen molar-refractivity contribution in [2.75, 3.05) is 0 Å². The predicted molar refractivity (Wildman–Crippen MR) is 120 cm³/mol. The first kappa shape index (κ1) is 22.3. The summed E-state index contributed by atoms with van der Waals surface area (Å²) in [6.45, 7) is 6.04. The van der Waals surface area contributed by atoms with E-state index in [1.54, 1.807) is 0 Å². The Kier molecular flexibility index (Phi) is 5.93. The van der Waals surface area contributed by atoms with Gasteiger partial charge in [-0.3, -0.25) is 9.59 Å². The zero-order valence-electron chi connectivity index (χ0n) is 19.1. The highest BCUT2D eigenvalue weighted by Crippen LogP contribution is 2.55. The van der Waals surface area contributed by atoms with Crippen LogP contribution in [0.15, 0.2) is 18.2 Å². The molecule has 4 fully saturated rings. The molecule has 170 valence electrons. The Morgan fingerprint density at radius 2 is 1.77 bits per heavy atom. The van der Waals surface area contributed by atoms with Gasteiger partial charge in [-0.05, 0) is 101 Å². The van der Waals surface area contributed by atoms with Gasteiger partial charge in [0.15, 0.2) is 0 Å². The Morgan fingerprint density at radius 3 is 2.39 bits per heavy atom. The van der Waals surface area contributed by atoms with Crippen LogP contribution in [0.5, 0.6) is 0 Å². The topological polar surface area (TPSA) is 86.6 Å². The van der Waals surface area contributed by atoms with Crippen molar-refractivity contribution in [1.82, 2.24) is 5.32 Å². The summed E-state index contributed by atoms with van der Waals surface area (Å²) in [6, 6.07) is 6.53. The normalized spacial score (nSPS) is 31.6.